The van der Waals surface area contributed by atoms with Gasteiger partial charge in [-0.25, -0.2) is 4.39 Å². The van der Waals surface area contributed by atoms with Crippen molar-refractivity contribution in [3.63, 3.8) is 0 Å². The first-order chi connectivity index (χ1) is 9.60. The fraction of sp³-hybridized carbons (Fsp3) is 0.625. The molecule has 1 aliphatic heterocycles. The van der Waals surface area contributed by atoms with Crippen LogP contribution in [0.5, 0.6) is 0 Å². The van der Waals surface area contributed by atoms with E-state index in [1.807, 2.05) is 13.0 Å². The van der Waals surface area contributed by atoms with Crippen molar-refractivity contribution in [1.29, 1.82) is 0 Å². The molecule has 4 heteroatoms. The Kier molecular flexibility index (Phi) is 6.00. The Morgan fingerprint density at radius 3 is 2.75 bits per heavy atom. The van der Waals surface area contributed by atoms with Gasteiger partial charge in [0.2, 0.25) is 0 Å². The van der Waals surface area contributed by atoms with E-state index in [9.17, 15) is 4.39 Å². The number of rotatable bonds is 5. The molecule has 1 heterocycles. The first kappa shape index (κ1) is 15.9. The van der Waals surface area contributed by atoms with Gasteiger partial charge in [-0.1, -0.05) is 22.9 Å². The van der Waals surface area contributed by atoms with Crippen LogP contribution in [0.15, 0.2) is 22.7 Å². The third-order valence-corrected chi connectivity index (χ3v) is 4.53. The molecule has 1 atom stereocenters. The van der Waals surface area contributed by atoms with Gasteiger partial charge < -0.3 is 10.2 Å². The van der Waals surface area contributed by atoms with E-state index in [1.54, 1.807) is 6.07 Å². The molecule has 112 valence electrons. The highest BCUT2D eigenvalue weighted by molar-refractivity contribution is 9.10. The molecule has 1 saturated heterocycles. The van der Waals surface area contributed by atoms with Crippen molar-refractivity contribution in [2.75, 3.05) is 19.6 Å². The fourth-order valence-electron chi connectivity index (χ4n) is 2.93. The summed E-state index contributed by atoms with van der Waals surface area (Å²) in [6.45, 7) is 7.77. The maximum absolute atomic E-state index is 13.9. The number of hydrogen-bond donors (Lipinski definition) is 1. The van der Waals surface area contributed by atoms with E-state index in [0.717, 1.165) is 36.0 Å². The minimum atomic E-state index is -0.128. The summed E-state index contributed by atoms with van der Waals surface area (Å²) in [7, 11) is 0. The van der Waals surface area contributed by atoms with Gasteiger partial charge in [0.1, 0.15) is 5.82 Å². The van der Waals surface area contributed by atoms with E-state index in [1.165, 1.54) is 19.0 Å². The second-order valence-electron chi connectivity index (χ2n) is 5.67. The van der Waals surface area contributed by atoms with E-state index in [2.05, 4.69) is 33.1 Å². The van der Waals surface area contributed by atoms with Crippen molar-refractivity contribution >= 4 is 15.9 Å². The third-order valence-electron chi connectivity index (χ3n) is 4.04. The molecule has 1 unspecified atom stereocenters. The lowest BCUT2D eigenvalue weighted by Gasteiger charge is -2.34. The van der Waals surface area contributed by atoms with Crippen LogP contribution >= 0.6 is 15.9 Å². The summed E-state index contributed by atoms with van der Waals surface area (Å²) in [5.41, 5.74) is 0.746. The van der Waals surface area contributed by atoms with Crippen molar-refractivity contribution in [3.05, 3.63) is 34.1 Å². The summed E-state index contributed by atoms with van der Waals surface area (Å²) >= 11 is 3.41. The van der Waals surface area contributed by atoms with E-state index >= 15 is 0 Å². The summed E-state index contributed by atoms with van der Waals surface area (Å²) in [5, 5.41) is 3.58. The number of benzene rings is 1. The quantitative estimate of drug-likeness (QED) is 0.865. The zero-order chi connectivity index (χ0) is 14.5. The molecule has 2 rings (SSSR count). The highest BCUT2D eigenvalue weighted by Crippen LogP contribution is 2.23. The Hall–Kier alpha value is -0.450. The van der Waals surface area contributed by atoms with Crippen LogP contribution in [0, 0.1) is 5.82 Å². The van der Waals surface area contributed by atoms with Gasteiger partial charge in [-0.3, -0.25) is 0 Å². The van der Waals surface area contributed by atoms with Crippen molar-refractivity contribution in [2.24, 2.45) is 0 Å². The molecule has 0 aliphatic carbocycles. The average Bonchev–Trinajstić information content (AvgIpc) is 2.44. The topological polar surface area (TPSA) is 15.3 Å². The molecule has 0 aromatic heterocycles. The molecule has 1 aliphatic rings. The van der Waals surface area contributed by atoms with E-state index in [0.29, 0.717) is 6.04 Å². The Balaban J connectivity index is 1.89. The molecular weight excluding hydrogens is 319 g/mol. The summed E-state index contributed by atoms with van der Waals surface area (Å²) in [4.78, 5) is 2.52. The zero-order valence-corrected chi connectivity index (χ0v) is 13.9. The lowest BCUT2D eigenvalue weighted by atomic mass is 10.0. The molecule has 20 heavy (non-hydrogen) atoms. The Labute approximate surface area is 129 Å². The van der Waals surface area contributed by atoms with E-state index in [4.69, 9.17) is 0 Å². The van der Waals surface area contributed by atoms with Crippen LogP contribution in [0.1, 0.15) is 44.7 Å². The minimum absolute atomic E-state index is 0.0511. The summed E-state index contributed by atoms with van der Waals surface area (Å²) in [6.07, 6.45) is 3.53. The molecule has 0 saturated carbocycles. The van der Waals surface area contributed by atoms with E-state index in [-0.39, 0.29) is 11.9 Å². The normalized spacial score (nSPS) is 19.2. The maximum Gasteiger partial charge on any atom is 0.128 e. The average molecular weight is 343 g/mol. The number of halogens is 2. The molecular formula is C16H24BrFN2. The highest BCUT2D eigenvalue weighted by atomic mass is 79.9. The molecule has 0 amide bonds. The Bertz CT molecular complexity index is 430. The Morgan fingerprint density at radius 1 is 1.40 bits per heavy atom. The Morgan fingerprint density at radius 2 is 2.10 bits per heavy atom. The minimum Gasteiger partial charge on any atom is -0.307 e. The summed E-state index contributed by atoms with van der Waals surface area (Å²) in [5.74, 6) is -0.128. The first-order valence-corrected chi connectivity index (χ1v) is 8.32. The van der Waals surface area contributed by atoms with Crippen LogP contribution in [0.25, 0.3) is 0 Å². The van der Waals surface area contributed by atoms with Gasteiger partial charge in [-0.05, 0) is 64.0 Å². The third kappa shape index (κ3) is 4.27. The molecule has 0 spiro atoms. The number of nitrogens with one attached hydrogen (secondary N) is 1. The maximum atomic E-state index is 13.9. The van der Waals surface area contributed by atoms with Crippen LogP contribution in [0.2, 0.25) is 0 Å². The smallest absolute Gasteiger partial charge is 0.128 e. The zero-order valence-electron chi connectivity index (χ0n) is 12.3. The van der Waals surface area contributed by atoms with E-state index < -0.39 is 0 Å². The molecule has 2 nitrogen and oxygen atoms in total. The number of hydrogen-bond acceptors (Lipinski definition) is 2. The van der Waals surface area contributed by atoms with Crippen LogP contribution in [-0.2, 0) is 0 Å². The highest BCUT2D eigenvalue weighted by Gasteiger charge is 2.21. The second kappa shape index (κ2) is 7.53. The summed E-state index contributed by atoms with van der Waals surface area (Å²) in [6, 6.07) is 5.70. The predicted molar refractivity (Wildman–Crippen MR) is 85.4 cm³/mol. The molecule has 0 radical (unpaired) electrons. The van der Waals surface area contributed by atoms with Gasteiger partial charge in [-0.15, -0.1) is 0 Å². The molecule has 0 bridgehead atoms. The fourth-order valence-corrected chi connectivity index (χ4v) is 3.31. The number of nitrogens with zero attached hydrogens (tertiary/aromatic N) is 1. The molecule has 1 aromatic carbocycles. The predicted octanol–water partition coefficient (Wildman–Crippen LogP) is 4.11. The molecule has 1 N–H and O–H groups in total. The van der Waals surface area contributed by atoms with Crippen LogP contribution in [0.3, 0.4) is 0 Å². The van der Waals surface area contributed by atoms with Crippen LogP contribution in [-0.4, -0.2) is 30.6 Å². The van der Waals surface area contributed by atoms with Gasteiger partial charge in [0.25, 0.3) is 0 Å². The van der Waals surface area contributed by atoms with Gasteiger partial charge in [0.15, 0.2) is 0 Å². The largest absolute Gasteiger partial charge is 0.307 e. The molecule has 1 fully saturated rings. The lowest BCUT2D eigenvalue weighted by molar-refractivity contribution is 0.192. The van der Waals surface area contributed by atoms with Crippen molar-refractivity contribution in [3.8, 4) is 0 Å². The number of piperidine rings is 1. The van der Waals surface area contributed by atoms with Gasteiger partial charge in [0, 0.05) is 22.1 Å². The van der Waals surface area contributed by atoms with Crippen molar-refractivity contribution < 1.29 is 4.39 Å². The van der Waals surface area contributed by atoms with Crippen molar-refractivity contribution in [2.45, 2.75) is 45.2 Å². The molecule has 1 aromatic rings. The first-order valence-electron chi connectivity index (χ1n) is 7.53. The monoisotopic (exact) mass is 342 g/mol. The van der Waals surface area contributed by atoms with Gasteiger partial charge >= 0.3 is 0 Å². The number of likely N-dealkylation sites (tertiary alicyclic amines) is 1. The van der Waals surface area contributed by atoms with Gasteiger partial charge in [-0.2, -0.15) is 0 Å². The lowest BCUT2D eigenvalue weighted by Crippen LogP contribution is -2.43. The SMILES string of the molecule is CCCN1CCC(NC(C)c2cc(Br)ccc2F)CC1. The van der Waals surface area contributed by atoms with Crippen LogP contribution < -0.4 is 5.32 Å². The standard InChI is InChI=1S/C16H24BrFN2/c1-3-8-20-9-6-14(7-10-20)19-12(2)15-11-13(17)4-5-16(15)18/h4-5,11-12,14,19H,3,6-10H2,1-2H3. The second-order valence-corrected chi connectivity index (χ2v) is 6.59. The van der Waals surface area contributed by atoms with Gasteiger partial charge in [0.05, 0.1) is 0 Å². The summed E-state index contributed by atoms with van der Waals surface area (Å²) < 4.78 is 14.8. The van der Waals surface area contributed by atoms with Crippen molar-refractivity contribution in [1.82, 2.24) is 10.2 Å². The van der Waals surface area contributed by atoms with Crippen LogP contribution in [0.4, 0.5) is 4.39 Å².